The molecule has 0 aromatic rings. The molecule has 4 nitrogen and oxygen atoms in total. The highest BCUT2D eigenvalue weighted by Crippen LogP contribution is 2.17. The highest BCUT2D eigenvalue weighted by Gasteiger charge is 2.29. The molecule has 0 aromatic carbocycles. The van der Waals surface area contributed by atoms with Gasteiger partial charge >= 0.3 is 0 Å². The molecule has 1 heterocycles. The standard InChI is InChI=1S/C7H15NO3S/c1-8(2)12(9,10)7-3-5-11-6-4-7/h7H,3-6H2,1-2H3. The van der Waals surface area contributed by atoms with Gasteiger partial charge in [-0.25, -0.2) is 12.7 Å². The number of sulfonamides is 1. The summed E-state index contributed by atoms with van der Waals surface area (Å²) >= 11 is 0. The molecule has 1 aliphatic heterocycles. The van der Waals surface area contributed by atoms with Crippen LogP contribution in [0.25, 0.3) is 0 Å². The molecule has 0 atom stereocenters. The Morgan fingerprint density at radius 2 is 1.75 bits per heavy atom. The Balaban J connectivity index is 2.67. The van der Waals surface area contributed by atoms with Gasteiger partial charge in [-0.2, -0.15) is 0 Å². The Hall–Kier alpha value is -0.130. The fraction of sp³-hybridized carbons (Fsp3) is 1.00. The minimum atomic E-state index is -3.05. The molecule has 0 aromatic heterocycles. The Bertz CT molecular complexity index is 229. The lowest BCUT2D eigenvalue weighted by Gasteiger charge is -2.24. The minimum Gasteiger partial charge on any atom is -0.381 e. The molecule has 0 bridgehead atoms. The quantitative estimate of drug-likeness (QED) is 0.623. The van der Waals surface area contributed by atoms with Gasteiger partial charge in [-0.15, -0.1) is 0 Å². The Labute approximate surface area is 73.6 Å². The average molecular weight is 193 g/mol. The van der Waals surface area contributed by atoms with Crippen molar-refractivity contribution in [3.63, 3.8) is 0 Å². The Kier molecular flexibility index (Phi) is 3.09. The summed E-state index contributed by atoms with van der Waals surface area (Å²) in [7, 11) is 0.102. The molecule has 72 valence electrons. The van der Waals surface area contributed by atoms with Crippen LogP contribution < -0.4 is 0 Å². The monoisotopic (exact) mass is 193 g/mol. The lowest BCUT2D eigenvalue weighted by atomic mass is 10.2. The summed E-state index contributed by atoms with van der Waals surface area (Å²) in [4.78, 5) is 0. The molecule has 1 rings (SSSR count). The molecular weight excluding hydrogens is 178 g/mol. The highest BCUT2D eigenvalue weighted by atomic mass is 32.2. The van der Waals surface area contributed by atoms with Crippen molar-refractivity contribution in [2.24, 2.45) is 0 Å². The van der Waals surface area contributed by atoms with Crippen LogP contribution in [0.2, 0.25) is 0 Å². The number of ether oxygens (including phenoxy) is 1. The van der Waals surface area contributed by atoms with E-state index in [2.05, 4.69) is 0 Å². The summed E-state index contributed by atoms with van der Waals surface area (Å²) in [6.07, 6.45) is 1.25. The zero-order valence-electron chi connectivity index (χ0n) is 7.49. The maximum absolute atomic E-state index is 11.6. The zero-order chi connectivity index (χ0) is 9.19. The third kappa shape index (κ3) is 1.97. The van der Waals surface area contributed by atoms with Crippen LogP contribution in [0.4, 0.5) is 0 Å². The van der Waals surface area contributed by atoms with Crippen molar-refractivity contribution in [2.75, 3.05) is 27.3 Å². The third-order valence-corrected chi connectivity index (χ3v) is 4.43. The van der Waals surface area contributed by atoms with E-state index >= 15 is 0 Å². The van der Waals surface area contributed by atoms with Crippen LogP contribution in [0.15, 0.2) is 0 Å². The van der Waals surface area contributed by atoms with E-state index < -0.39 is 10.0 Å². The molecule has 12 heavy (non-hydrogen) atoms. The van der Waals surface area contributed by atoms with Gasteiger partial charge in [0.2, 0.25) is 10.0 Å². The molecule has 5 heteroatoms. The Morgan fingerprint density at radius 1 is 1.25 bits per heavy atom. The molecular formula is C7H15NO3S. The van der Waals surface area contributed by atoms with Gasteiger partial charge in [-0.3, -0.25) is 0 Å². The normalized spacial score (nSPS) is 21.6. The van der Waals surface area contributed by atoms with Crippen molar-refractivity contribution in [1.82, 2.24) is 4.31 Å². The summed E-state index contributed by atoms with van der Waals surface area (Å²) in [5.41, 5.74) is 0. The minimum absolute atomic E-state index is 0.235. The van der Waals surface area contributed by atoms with Crippen LogP contribution in [0.1, 0.15) is 12.8 Å². The van der Waals surface area contributed by atoms with E-state index in [9.17, 15) is 8.42 Å². The molecule has 1 fully saturated rings. The zero-order valence-corrected chi connectivity index (χ0v) is 8.30. The molecule has 0 saturated carbocycles. The molecule has 1 aliphatic rings. The van der Waals surface area contributed by atoms with Gasteiger partial charge in [-0.1, -0.05) is 0 Å². The van der Waals surface area contributed by atoms with Crippen LogP contribution in [-0.4, -0.2) is 45.3 Å². The van der Waals surface area contributed by atoms with Gasteiger partial charge in [0.25, 0.3) is 0 Å². The first-order valence-corrected chi connectivity index (χ1v) is 5.54. The van der Waals surface area contributed by atoms with Crippen LogP contribution in [0, 0.1) is 0 Å². The van der Waals surface area contributed by atoms with Crippen molar-refractivity contribution in [3.8, 4) is 0 Å². The summed E-state index contributed by atoms with van der Waals surface area (Å²) in [5.74, 6) is 0. The number of hydrogen-bond donors (Lipinski definition) is 0. The summed E-state index contributed by atoms with van der Waals surface area (Å²) < 4.78 is 29.5. The second-order valence-electron chi connectivity index (χ2n) is 3.14. The maximum Gasteiger partial charge on any atom is 0.216 e. The van der Waals surface area contributed by atoms with Crippen LogP contribution in [0.5, 0.6) is 0 Å². The summed E-state index contributed by atoms with van der Waals surface area (Å²) in [6, 6.07) is 0. The predicted octanol–water partition coefficient (Wildman–Crippen LogP) is 0.0568. The first-order chi connectivity index (χ1) is 5.55. The van der Waals surface area contributed by atoms with Crippen LogP contribution >= 0.6 is 0 Å². The van der Waals surface area contributed by atoms with Crippen molar-refractivity contribution in [2.45, 2.75) is 18.1 Å². The van der Waals surface area contributed by atoms with E-state index in [1.807, 2.05) is 0 Å². The highest BCUT2D eigenvalue weighted by molar-refractivity contribution is 7.89. The number of nitrogens with zero attached hydrogens (tertiary/aromatic N) is 1. The summed E-state index contributed by atoms with van der Waals surface area (Å²) in [6.45, 7) is 1.13. The van der Waals surface area contributed by atoms with E-state index in [0.29, 0.717) is 26.1 Å². The second-order valence-corrected chi connectivity index (χ2v) is 5.57. The van der Waals surface area contributed by atoms with Crippen LogP contribution in [-0.2, 0) is 14.8 Å². The van der Waals surface area contributed by atoms with Crippen molar-refractivity contribution in [3.05, 3.63) is 0 Å². The number of rotatable bonds is 2. The van der Waals surface area contributed by atoms with E-state index in [-0.39, 0.29) is 5.25 Å². The first kappa shape index (κ1) is 9.95. The summed E-state index contributed by atoms with van der Waals surface area (Å²) in [5, 5.41) is -0.235. The van der Waals surface area contributed by atoms with Gasteiger partial charge in [-0.05, 0) is 12.8 Å². The number of hydrogen-bond acceptors (Lipinski definition) is 3. The van der Waals surface area contributed by atoms with Crippen molar-refractivity contribution in [1.29, 1.82) is 0 Å². The van der Waals surface area contributed by atoms with Crippen LogP contribution in [0.3, 0.4) is 0 Å². The second kappa shape index (κ2) is 3.72. The molecule has 0 amide bonds. The molecule has 0 aliphatic carbocycles. The predicted molar refractivity (Wildman–Crippen MR) is 46.4 cm³/mol. The van der Waals surface area contributed by atoms with Gasteiger partial charge < -0.3 is 4.74 Å². The van der Waals surface area contributed by atoms with Gasteiger partial charge in [0.1, 0.15) is 0 Å². The largest absolute Gasteiger partial charge is 0.381 e. The molecule has 0 unspecified atom stereocenters. The van der Waals surface area contributed by atoms with E-state index in [4.69, 9.17) is 4.74 Å². The maximum atomic E-state index is 11.6. The van der Waals surface area contributed by atoms with Gasteiger partial charge in [0.15, 0.2) is 0 Å². The van der Waals surface area contributed by atoms with E-state index in [0.717, 1.165) is 0 Å². The third-order valence-electron chi connectivity index (χ3n) is 2.10. The Morgan fingerprint density at radius 3 is 2.17 bits per heavy atom. The smallest absolute Gasteiger partial charge is 0.216 e. The molecule has 0 spiro atoms. The lowest BCUT2D eigenvalue weighted by Crippen LogP contribution is -2.37. The SMILES string of the molecule is CN(C)S(=O)(=O)C1CCOCC1. The fourth-order valence-corrected chi connectivity index (χ4v) is 2.66. The molecule has 1 saturated heterocycles. The topological polar surface area (TPSA) is 46.6 Å². The molecule has 0 N–H and O–H groups in total. The van der Waals surface area contributed by atoms with Gasteiger partial charge in [0, 0.05) is 27.3 Å². The molecule has 0 radical (unpaired) electrons. The lowest BCUT2D eigenvalue weighted by molar-refractivity contribution is 0.0975. The van der Waals surface area contributed by atoms with E-state index in [1.54, 1.807) is 14.1 Å². The van der Waals surface area contributed by atoms with Crippen molar-refractivity contribution >= 4 is 10.0 Å². The average Bonchev–Trinajstić information content (AvgIpc) is 2.06. The fourth-order valence-electron chi connectivity index (χ4n) is 1.27. The van der Waals surface area contributed by atoms with Gasteiger partial charge in [0.05, 0.1) is 5.25 Å². The first-order valence-electron chi connectivity index (χ1n) is 4.04. The van der Waals surface area contributed by atoms with Crippen molar-refractivity contribution < 1.29 is 13.2 Å². The van der Waals surface area contributed by atoms with E-state index in [1.165, 1.54) is 4.31 Å².